The largest absolute Gasteiger partial charge is 0.507 e. The van der Waals surface area contributed by atoms with Gasteiger partial charge < -0.3 is 14.6 Å². The maximum Gasteiger partial charge on any atom is 0.260 e. The van der Waals surface area contributed by atoms with Gasteiger partial charge in [-0.2, -0.15) is 5.01 Å². The number of hydrogen-bond acceptors (Lipinski definition) is 8. The van der Waals surface area contributed by atoms with Crippen molar-refractivity contribution in [1.82, 2.24) is 9.91 Å². The van der Waals surface area contributed by atoms with E-state index in [1.165, 1.54) is 49.5 Å². The maximum absolute atomic E-state index is 15.4. The number of allylic oxidation sites excluding steroid dienone is 2. The molecule has 0 radical (unpaired) electrons. The molecule has 3 aromatic rings. The summed E-state index contributed by atoms with van der Waals surface area (Å²) in [6, 6.07) is 14.9. The molecule has 0 spiro atoms. The van der Waals surface area contributed by atoms with Gasteiger partial charge in [-0.05, 0) is 73.6 Å². The Morgan fingerprint density at radius 3 is 2.27 bits per heavy atom. The Morgan fingerprint density at radius 2 is 1.60 bits per heavy atom. The zero-order valence-electron chi connectivity index (χ0n) is 28.8. The third-order valence-corrected chi connectivity index (χ3v) is 12.3. The molecule has 12 heteroatoms. The molecule has 5 aliphatic rings. The van der Waals surface area contributed by atoms with Crippen LogP contribution in [0.2, 0.25) is 5.02 Å². The molecule has 2 saturated carbocycles. The molecule has 0 bridgehead atoms. The summed E-state index contributed by atoms with van der Waals surface area (Å²) < 4.78 is 25.2. The number of carbonyl (C=O) groups is 4. The van der Waals surface area contributed by atoms with Crippen LogP contribution in [0, 0.1) is 29.5 Å². The summed E-state index contributed by atoms with van der Waals surface area (Å²) in [6.45, 7) is 0. The molecule has 2 heterocycles. The number of amides is 4. The Labute approximate surface area is 305 Å². The fourth-order valence-corrected chi connectivity index (χ4v) is 9.98. The lowest BCUT2D eigenvalue weighted by Gasteiger charge is -2.50. The summed E-state index contributed by atoms with van der Waals surface area (Å²) in [5, 5.41) is 13.3. The van der Waals surface area contributed by atoms with E-state index in [9.17, 15) is 23.9 Å². The predicted octanol–water partition coefficient (Wildman–Crippen LogP) is 6.52. The topological polar surface area (TPSA) is 125 Å². The molecule has 3 aromatic carbocycles. The molecule has 4 fully saturated rings. The van der Waals surface area contributed by atoms with Crippen molar-refractivity contribution in [2.45, 2.75) is 62.3 Å². The van der Waals surface area contributed by atoms with Gasteiger partial charge in [0.1, 0.15) is 23.1 Å². The number of fused-ring (bicyclic) bond motifs is 4. The lowest BCUT2D eigenvalue weighted by Crippen LogP contribution is -2.53. The van der Waals surface area contributed by atoms with E-state index in [1.807, 2.05) is 6.08 Å². The number of nitrogens with one attached hydrogen (secondary N) is 1. The second-order valence-corrected chi connectivity index (χ2v) is 14.9. The SMILES string of the molecule is COc1cc(O)c([C@H]2C3=CC[C@@H]4C(=O)N(C5CCCCC5)C(=O)[C@@H]4[C@@H]3C[C@H]3C(=O)N(Nc4ccc(F)cc4)C(=O)[C@@]23c2ccc(Cl)cc2)c(OC)c1. The van der Waals surface area contributed by atoms with Gasteiger partial charge in [-0.15, -0.1) is 0 Å². The minimum Gasteiger partial charge on any atom is -0.507 e. The molecular formula is C40H39ClFN3O7. The summed E-state index contributed by atoms with van der Waals surface area (Å²) in [5.74, 6) is -5.77. The van der Waals surface area contributed by atoms with Gasteiger partial charge in [0.15, 0.2) is 0 Å². The Hall–Kier alpha value is -4.90. The number of hydrazine groups is 1. The number of likely N-dealkylation sites (tertiary alicyclic amines) is 1. The number of methoxy groups -OCH3 is 2. The average Bonchev–Trinajstić information content (AvgIpc) is 3.53. The fraction of sp³-hybridized carbons (Fsp3) is 0.400. The second kappa shape index (κ2) is 12.9. The highest BCUT2D eigenvalue weighted by Gasteiger charge is 2.71. The van der Waals surface area contributed by atoms with Crippen LogP contribution in [-0.2, 0) is 24.6 Å². The van der Waals surface area contributed by atoms with Crippen LogP contribution in [0.4, 0.5) is 10.1 Å². The van der Waals surface area contributed by atoms with Gasteiger partial charge in [0.05, 0.1) is 43.1 Å². The molecular weight excluding hydrogens is 689 g/mol. The first-order valence-electron chi connectivity index (χ1n) is 17.8. The van der Waals surface area contributed by atoms with E-state index in [2.05, 4.69) is 5.43 Å². The van der Waals surface area contributed by atoms with E-state index >= 15 is 4.79 Å². The van der Waals surface area contributed by atoms with E-state index in [4.69, 9.17) is 21.1 Å². The number of anilines is 1. The van der Waals surface area contributed by atoms with Crippen LogP contribution < -0.4 is 14.9 Å². The van der Waals surface area contributed by atoms with Gasteiger partial charge in [-0.25, -0.2) is 4.39 Å². The highest BCUT2D eigenvalue weighted by molar-refractivity contribution is 6.30. The van der Waals surface area contributed by atoms with Crippen molar-refractivity contribution < 1.29 is 38.1 Å². The molecule has 270 valence electrons. The Bertz CT molecular complexity index is 2000. The molecule has 0 aromatic heterocycles. The number of phenolic OH excluding ortho intramolecular Hbond substituents is 1. The first-order valence-corrected chi connectivity index (χ1v) is 18.2. The number of hydrogen-bond donors (Lipinski definition) is 2. The van der Waals surface area contributed by atoms with E-state index in [-0.39, 0.29) is 47.8 Å². The first-order chi connectivity index (χ1) is 25.1. The Morgan fingerprint density at radius 1 is 0.885 bits per heavy atom. The maximum atomic E-state index is 15.4. The van der Waals surface area contributed by atoms with Gasteiger partial charge in [-0.3, -0.25) is 29.5 Å². The third kappa shape index (κ3) is 5.03. The van der Waals surface area contributed by atoms with Gasteiger partial charge in [0.25, 0.3) is 11.8 Å². The van der Waals surface area contributed by atoms with E-state index < -0.39 is 52.6 Å². The van der Waals surface area contributed by atoms with Crippen molar-refractivity contribution >= 4 is 40.9 Å². The Balaban J connectivity index is 1.35. The summed E-state index contributed by atoms with van der Waals surface area (Å²) >= 11 is 6.38. The van der Waals surface area contributed by atoms with Gasteiger partial charge in [0.2, 0.25) is 11.8 Å². The van der Waals surface area contributed by atoms with Crippen LogP contribution in [0.25, 0.3) is 0 Å². The quantitative estimate of drug-likeness (QED) is 0.208. The number of rotatable bonds is 7. The molecule has 8 rings (SSSR count). The zero-order chi connectivity index (χ0) is 36.5. The van der Waals surface area contributed by atoms with E-state index in [0.29, 0.717) is 27.6 Å². The van der Waals surface area contributed by atoms with Crippen molar-refractivity contribution in [1.29, 1.82) is 0 Å². The third-order valence-electron chi connectivity index (χ3n) is 12.1. The number of imide groups is 2. The molecule has 10 nitrogen and oxygen atoms in total. The van der Waals surface area contributed by atoms with Crippen molar-refractivity contribution in [2.75, 3.05) is 19.6 Å². The number of benzene rings is 3. The van der Waals surface area contributed by atoms with Crippen molar-refractivity contribution in [3.05, 3.63) is 94.3 Å². The van der Waals surface area contributed by atoms with Crippen molar-refractivity contribution in [2.24, 2.45) is 23.7 Å². The second-order valence-electron chi connectivity index (χ2n) is 14.5. The molecule has 6 atom stereocenters. The van der Waals surface area contributed by atoms with Crippen LogP contribution in [0.5, 0.6) is 17.2 Å². The number of halogens is 2. The number of carbonyl (C=O) groups excluding carboxylic acids is 4. The van der Waals surface area contributed by atoms with Crippen molar-refractivity contribution in [3.63, 3.8) is 0 Å². The van der Waals surface area contributed by atoms with Crippen LogP contribution in [0.1, 0.15) is 62.0 Å². The fourth-order valence-electron chi connectivity index (χ4n) is 9.86. The lowest BCUT2D eigenvalue weighted by molar-refractivity contribution is -0.144. The minimum absolute atomic E-state index is 0.0923. The average molecular weight is 728 g/mol. The molecule has 2 saturated heterocycles. The number of ether oxygens (including phenoxy) is 2. The number of aromatic hydroxyl groups is 1. The first kappa shape index (κ1) is 34.2. The minimum atomic E-state index is -1.67. The molecule has 2 aliphatic heterocycles. The summed E-state index contributed by atoms with van der Waals surface area (Å²) in [6.07, 6.45) is 6.79. The predicted molar refractivity (Wildman–Crippen MR) is 189 cm³/mol. The van der Waals surface area contributed by atoms with Gasteiger partial charge in [-0.1, -0.05) is 54.6 Å². The zero-order valence-corrected chi connectivity index (χ0v) is 29.6. The summed E-state index contributed by atoms with van der Waals surface area (Å²) in [7, 11) is 2.90. The monoisotopic (exact) mass is 727 g/mol. The van der Waals surface area contributed by atoms with Crippen LogP contribution >= 0.6 is 11.6 Å². The molecule has 2 N–H and O–H groups in total. The van der Waals surface area contributed by atoms with Crippen LogP contribution in [0.3, 0.4) is 0 Å². The standard InChI is InChI=1S/C40H39ClFN3O7/c1-51-26-18-31(46)34(32(19-26)52-2)35-27-16-17-28-33(38(49)44(36(28)47)25-6-4-3-5-7-25)29(27)20-30-37(48)45(43-24-14-12-23(42)13-15-24)39(50)40(30,35)21-8-10-22(41)11-9-21/h8-16,18-19,25,28-30,33,35,43,46H,3-7,17,20H2,1-2H3/t28-,29+,30-,33-,35+,40+/m0/s1. The highest BCUT2D eigenvalue weighted by atomic mass is 35.5. The van der Waals surface area contributed by atoms with E-state index in [0.717, 1.165) is 37.1 Å². The molecule has 4 amide bonds. The normalized spacial score (nSPS) is 28.7. The van der Waals surface area contributed by atoms with Crippen molar-refractivity contribution in [3.8, 4) is 17.2 Å². The van der Waals surface area contributed by atoms with Crippen LogP contribution in [0.15, 0.2) is 72.3 Å². The molecule has 3 aliphatic carbocycles. The van der Waals surface area contributed by atoms with Gasteiger partial charge in [0, 0.05) is 34.7 Å². The van der Waals surface area contributed by atoms with Crippen LogP contribution in [-0.4, -0.2) is 58.9 Å². The Kier molecular flexibility index (Phi) is 8.52. The molecule has 0 unspecified atom stereocenters. The summed E-state index contributed by atoms with van der Waals surface area (Å²) in [5.41, 5.74) is 2.99. The van der Waals surface area contributed by atoms with Gasteiger partial charge >= 0.3 is 0 Å². The highest BCUT2D eigenvalue weighted by Crippen LogP contribution is 2.66. The number of nitrogens with zero attached hydrogens (tertiary/aromatic N) is 2. The smallest absolute Gasteiger partial charge is 0.260 e. The lowest BCUT2D eigenvalue weighted by atomic mass is 9.49. The number of phenols is 1. The summed E-state index contributed by atoms with van der Waals surface area (Å²) in [4.78, 5) is 60.3. The van der Waals surface area contributed by atoms with E-state index in [1.54, 1.807) is 30.3 Å². The molecule has 52 heavy (non-hydrogen) atoms.